The third kappa shape index (κ3) is 2.22. The van der Waals surface area contributed by atoms with Gasteiger partial charge in [0, 0.05) is 27.2 Å². The zero-order chi connectivity index (χ0) is 14.8. The third-order valence-corrected chi connectivity index (χ3v) is 3.72. The summed E-state index contributed by atoms with van der Waals surface area (Å²) in [5.74, 6) is 2.15. The number of para-hydroxylation sites is 2. The molecule has 0 saturated heterocycles. The average Bonchev–Trinajstić information content (AvgIpc) is 2.54. The van der Waals surface area contributed by atoms with Gasteiger partial charge in [0.1, 0.15) is 6.33 Å². The highest BCUT2D eigenvalue weighted by molar-refractivity contribution is 5.81. The fourth-order valence-corrected chi connectivity index (χ4v) is 2.65. The smallest absolute Gasteiger partial charge is 0.204 e. The Bertz CT molecular complexity index is 646. The number of fused-ring (bicyclic) bond motifs is 1. The lowest BCUT2D eigenvalue weighted by molar-refractivity contribution is 0.413. The van der Waals surface area contributed by atoms with Crippen molar-refractivity contribution in [3.8, 4) is 5.75 Å². The Kier molecular flexibility index (Phi) is 3.51. The lowest BCUT2D eigenvalue weighted by Gasteiger charge is -2.36. The molecular weight excluding hydrogens is 266 g/mol. The van der Waals surface area contributed by atoms with Gasteiger partial charge in [-0.25, -0.2) is 9.97 Å². The van der Waals surface area contributed by atoms with Crippen molar-refractivity contribution in [3.63, 3.8) is 0 Å². The number of anilines is 4. The zero-order valence-electron chi connectivity index (χ0n) is 12.5. The molecule has 21 heavy (non-hydrogen) atoms. The second-order valence-corrected chi connectivity index (χ2v) is 4.89. The minimum Gasteiger partial charge on any atom is -0.490 e. The first-order chi connectivity index (χ1) is 10.3. The summed E-state index contributed by atoms with van der Waals surface area (Å²) in [6.45, 7) is 1.78. The number of benzene rings is 1. The molecule has 1 aliphatic rings. The molecule has 0 saturated carbocycles. The highest BCUT2D eigenvalue weighted by atomic mass is 16.5. The van der Waals surface area contributed by atoms with E-state index in [1.54, 1.807) is 13.4 Å². The monoisotopic (exact) mass is 285 g/mol. The van der Waals surface area contributed by atoms with Crippen molar-refractivity contribution in [1.82, 2.24) is 9.97 Å². The molecule has 0 atom stereocenters. The van der Waals surface area contributed by atoms with E-state index in [9.17, 15) is 0 Å². The Balaban J connectivity index is 2.12. The van der Waals surface area contributed by atoms with Crippen LogP contribution in [0.3, 0.4) is 0 Å². The quantitative estimate of drug-likeness (QED) is 0.932. The molecule has 1 aromatic carbocycles. The second-order valence-electron chi connectivity index (χ2n) is 4.89. The van der Waals surface area contributed by atoms with Crippen LogP contribution < -0.4 is 19.9 Å². The van der Waals surface area contributed by atoms with Gasteiger partial charge in [-0.2, -0.15) is 0 Å². The number of aromatic nitrogens is 2. The summed E-state index contributed by atoms with van der Waals surface area (Å²) in [4.78, 5) is 13.1. The van der Waals surface area contributed by atoms with Crippen LogP contribution in [-0.2, 0) is 0 Å². The summed E-state index contributed by atoms with van der Waals surface area (Å²) in [6, 6.07) is 8.31. The van der Waals surface area contributed by atoms with Crippen molar-refractivity contribution in [2.75, 3.05) is 49.4 Å². The standard InChI is InChI=1S/C15H19N5O/c1-16-14-13(21-3)15(18-10-17-14)20-9-8-19(2)11-6-4-5-7-12(11)20/h4-7,10H,8-9H2,1-3H3,(H,16,17,18). The zero-order valence-corrected chi connectivity index (χ0v) is 12.5. The predicted octanol–water partition coefficient (Wildman–Crippen LogP) is 2.11. The molecule has 0 fully saturated rings. The Hall–Kier alpha value is -2.50. The van der Waals surface area contributed by atoms with Gasteiger partial charge in [-0.1, -0.05) is 12.1 Å². The Morgan fingerprint density at radius 1 is 1.14 bits per heavy atom. The molecule has 0 bridgehead atoms. The highest BCUT2D eigenvalue weighted by Crippen LogP contribution is 2.41. The van der Waals surface area contributed by atoms with Gasteiger partial charge >= 0.3 is 0 Å². The summed E-state index contributed by atoms with van der Waals surface area (Å²) >= 11 is 0. The molecule has 110 valence electrons. The number of ether oxygens (including phenoxy) is 1. The Morgan fingerprint density at radius 2 is 1.90 bits per heavy atom. The maximum Gasteiger partial charge on any atom is 0.204 e. The molecule has 6 heteroatoms. The molecule has 3 rings (SSSR count). The molecule has 0 spiro atoms. The summed E-state index contributed by atoms with van der Waals surface area (Å²) < 4.78 is 5.52. The second kappa shape index (κ2) is 5.47. The van der Waals surface area contributed by atoms with Gasteiger partial charge < -0.3 is 19.9 Å². The fraction of sp³-hybridized carbons (Fsp3) is 0.333. The largest absolute Gasteiger partial charge is 0.490 e. The van der Waals surface area contributed by atoms with Gasteiger partial charge in [-0.3, -0.25) is 0 Å². The number of methoxy groups -OCH3 is 1. The van der Waals surface area contributed by atoms with Crippen LogP contribution in [0, 0.1) is 0 Å². The van der Waals surface area contributed by atoms with E-state index in [1.807, 2.05) is 13.1 Å². The molecule has 2 heterocycles. The van der Waals surface area contributed by atoms with Crippen molar-refractivity contribution in [1.29, 1.82) is 0 Å². The maximum absolute atomic E-state index is 5.52. The number of rotatable bonds is 3. The average molecular weight is 285 g/mol. The van der Waals surface area contributed by atoms with Crippen LogP contribution in [-0.4, -0.2) is 44.3 Å². The first-order valence-electron chi connectivity index (χ1n) is 6.90. The number of nitrogens with zero attached hydrogens (tertiary/aromatic N) is 4. The molecule has 0 amide bonds. The van der Waals surface area contributed by atoms with E-state index >= 15 is 0 Å². The van der Waals surface area contributed by atoms with E-state index < -0.39 is 0 Å². The van der Waals surface area contributed by atoms with Crippen molar-refractivity contribution >= 4 is 23.0 Å². The molecule has 1 N–H and O–H groups in total. The first kappa shape index (κ1) is 13.5. The lowest BCUT2D eigenvalue weighted by atomic mass is 10.1. The van der Waals surface area contributed by atoms with E-state index in [0.717, 1.165) is 24.6 Å². The fourth-order valence-electron chi connectivity index (χ4n) is 2.65. The molecule has 1 aliphatic heterocycles. The minimum absolute atomic E-state index is 0.666. The summed E-state index contributed by atoms with van der Waals surface area (Å²) in [5, 5.41) is 3.05. The maximum atomic E-state index is 5.52. The van der Waals surface area contributed by atoms with Crippen LogP contribution in [0.4, 0.5) is 23.0 Å². The minimum atomic E-state index is 0.666. The number of hydrogen-bond donors (Lipinski definition) is 1. The van der Waals surface area contributed by atoms with Crippen LogP contribution in [0.2, 0.25) is 0 Å². The Labute approximate surface area is 124 Å². The molecule has 0 radical (unpaired) electrons. The van der Waals surface area contributed by atoms with Gasteiger partial charge in [0.25, 0.3) is 0 Å². The SMILES string of the molecule is CNc1ncnc(N2CCN(C)c3ccccc32)c1OC. The van der Waals surface area contributed by atoms with Crippen molar-refractivity contribution in [3.05, 3.63) is 30.6 Å². The first-order valence-corrected chi connectivity index (χ1v) is 6.90. The van der Waals surface area contributed by atoms with Crippen molar-refractivity contribution < 1.29 is 4.74 Å². The molecule has 0 unspecified atom stereocenters. The van der Waals surface area contributed by atoms with E-state index in [4.69, 9.17) is 4.74 Å². The number of hydrogen-bond acceptors (Lipinski definition) is 6. The van der Waals surface area contributed by atoms with E-state index in [0.29, 0.717) is 11.6 Å². The van der Waals surface area contributed by atoms with E-state index in [1.165, 1.54) is 5.69 Å². The van der Waals surface area contributed by atoms with Gasteiger partial charge in [0.15, 0.2) is 11.6 Å². The topological polar surface area (TPSA) is 53.5 Å². The predicted molar refractivity (Wildman–Crippen MR) is 84.8 cm³/mol. The van der Waals surface area contributed by atoms with Crippen LogP contribution in [0.25, 0.3) is 0 Å². The molecule has 1 aromatic heterocycles. The van der Waals surface area contributed by atoms with Gasteiger partial charge in [-0.05, 0) is 12.1 Å². The summed E-state index contributed by atoms with van der Waals surface area (Å²) in [5.41, 5.74) is 2.32. The lowest BCUT2D eigenvalue weighted by Crippen LogP contribution is -2.37. The van der Waals surface area contributed by atoms with E-state index in [2.05, 4.69) is 50.3 Å². The van der Waals surface area contributed by atoms with Gasteiger partial charge in [-0.15, -0.1) is 0 Å². The van der Waals surface area contributed by atoms with Gasteiger partial charge in [0.05, 0.1) is 18.5 Å². The summed E-state index contributed by atoms with van der Waals surface area (Å²) in [6.07, 6.45) is 1.56. The third-order valence-electron chi connectivity index (χ3n) is 3.72. The highest BCUT2D eigenvalue weighted by Gasteiger charge is 2.25. The van der Waals surface area contributed by atoms with Crippen molar-refractivity contribution in [2.24, 2.45) is 0 Å². The molecular formula is C15H19N5O. The molecule has 6 nitrogen and oxygen atoms in total. The summed E-state index contributed by atoms with van der Waals surface area (Å²) in [7, 11) is 5.57. The molecule has 2 aromatic rings. The van der Waals surface area contributed by atoms with Crippen molar-refractivity contribution in [2.45, 2.75) is 0 Å². The van der Waals surface area contributed by atoms with Gasteiger partial charge in [0.2, 0.25) is 5.75 Å². The molecule has 0 aliphatic carbocycles. The number of nitrogens with one attached hydrogen (secondary N) is 1. The van der Waals surface area contributed by atoms with Crippen LogP contribution in [0.15, 0.2) is 30.6 Å². The van der Waals surface area contributed by atoms with Crippen LogP contribution in [0.5, 0.6) is 5.75 Å². The van der Waals surface area contributed by atoms with Crippen LogP contribution >= 0.6 is 0 Å². The Morgan fingerprint density at radius 3 is 2.62 bits per heavy atom. The number of likely N-dealkylation sites (N-methyl/N-ethyl adjacent to an activating group) is 1. The van der Waals surface area contributed by atoms with E-state index in [-0.39, 0.29) is 0 Å². The van der Waals surface area contributed by atoms with Crippen LogP contribution in [0.1, 0.15) is 0 Å². The normalized spacial score (nSPS) is 13.9.